The Kier molecular flexibility index (Phi) is 8.19. The molecule has 6 heteroatoms. The Balaban J connectivity index is 0. The Bertz CT molecular complexity index is 262. The standard InChI is InChI=1S/C11H22N2O3.ClH/c1-7(2)9(13-8(14)6-12)10(15)16-11(3,4)5;/h7,9H,6,12H2,1-5H3,(H,13,14);1H/t9-;/m1./s1. The molecule has 0 aromatic carbocycles. The van der Waals surface area contributed by atoms with E-state index in [-0.39, 0.29) is 30.8 Å². The number of ether oxygens (including phenoxy) is 1. The molecular weight excluding hydrogens is 244 g/mol. The second-order valence-electron chi connectivity index (χ2n) is 5.03. The number of nitrogens with two attached hydrogens (primary N) is 1. The van der Waals surface area contributed by atoms with E-state index in [1.165, 1.54) is 0 Å². The highest BCUT2D eigenvalue weighted by Gasteiger charge is 2.28. The predicted molar refractivity (Wildman–Crippen MR) is 68.9 cm³/mol. The Hall–Kier alpha value is -0.810. The van der Waals surface area contributed by atoms with Crippen molar-refractivity contribution in [3.63, 3.8) is 0 Å². The van der Waals surface area contributed by atoms with Crippen molar-refractivity contribution in [2.45, 2.75) is 46.3 Å². The van der Waals surface area contributed by atoms with Crippen molar-refractivity contribution in [2.24, 2.45) is 11.7 Å². The number of amides is 1. The van der Waals surface area contributed by atoms with Crippen LogP contribution in [0, 0.1) is 5.92 Å². The molecule has 17 heavy (non-hydrogen) atoms. The summed E-state index contributed by atoms with van der Waals surface area (Å²) in [5.41, 5.74) is 4.63. The van der Waals surface area contributed by atoms with Crippen LogP contribution in [0.25, 0.3) is 0 Å². The normalized spacial score (nSPS) is 12.6. The third-order valence-corrected chi connectivity index (χ3v) is 1.83. The van der Waals surface area contributed by atoms with Gasteiger partial charge in [-0.05, 0) is 26.7 Å². The first-order valence-electron chi connectivity index (χ1n) is 5.39. The molecule has 0 heterocycles. The van der Waals surface area contributed by atoms with E-state index in [1.807, 2.05) is 13.8 Å². The fourth-order valence-electron chi connectivity index (χ4n) is 1.10. The van der Waals surface area contributed by atoms with Crippen molar-refractivity contribution >= 4 is 24.3 Å². The van der Waals surface area contributed by atoms with Gasteiger partial charge in [-0.25, -0.2) is 4.79 Å². The van der Waals surface area contributed by atoms with Crippen molar-refractivity contribution in [3.8, 4) is 0 Å². The van der Waals surface area contributed by atoms with Gasteiger partial charge in [-0.15, -0.1) is 12.4 Å². The topological polar surface area (TPSA) is 81.4 Å². The molecule has 0 fully saturated rings. The third kappa shape index (κ3) is 7.99. The van der Waals surface area contributed by atoms with E-state index in [9.17, 15) is 9.59 Å². The van der Waals surface area contributed by atoms with E-state index in [4.69, 9.17) is 10.5 Å². The molecule has 0 unspecified atom stereocenters. The molecule has 3 N–H and O–H groups in total. The number of halogens is 1. The molecule has 0 saturated carbocycles. The van der Waals surface area contributed by atoms with E-state index in [1.54, 1.807) is 20.8 Å². The van der Waals surface area contributed by atoms with Gasteiger partial charge in [-0.2, -0.15) is 0 Å². The highest BCUT2D eigenvalue weighted by molar-refractivity contribution is 5.86. The second kappa shape index (κ2) is 7.50. The zero-order chi connectivity index (χ0) is 12.9. The summed E-state index contributed by atoms with van der Waals surface area (Å²) in [6.45, 7) is 8.90. The van der Waals surface area contributed by atoms with Gasteiger partial charge in [-0.3, -0.25) is 4.79 Å². The van der Waals surface area contributed by atoms with Crippen LogP contribution in [-0.2, 0) is 14.3 Å². The number of rotatable bonds is 4. The van der Waals surface area contributed by atoms with Crippen LogP contribution < -0.4 is 11.1 Å². The number of carbonyl (C=O) groups is 2. The predicted octanol–water partition coefficient (Wildman–Crippen LogP) is 0.849. The van der Waals surface area contributed by atoms with Crippen molar-refractivity contribution in [3.05, 3.63) is 0 Å². The number of hydrogen-bond acceptors (Lipinski definition) is 4. The monoisotopic (exact) mass is 266 g/mol. The van der Waals surface area contributed by atoms with Crippen LogP contribution >= 0.6 is 12.4 Å². The van der Waals surface area contributed by atoms with Crippen molar-refractivity contribution in [1.29, 1.82) is 0 Å². The molecule has 0 saturated heterocycles. The first-order valence-corrected chi connectivity index (χ1v) is 5.39. The maximum atomic E-state index is 11.8. The van der Waals surface area contributed by atoms with E-state index >= 15 is 0 Å². The average Bonchev–Trinajstić information content (AvgIpc) is 2.09. The molecule has 0 rings (SSSR count). The molecule has 1 amide bonds. The highest BCUT2D eigenvalue weighted by Crippen LogP contribution is 2.12. The van der Waals surface area contributed by atoms with Gasteiger partial charge in [0.05, 0.1) is 6.54 Å². The Morgan fingerprint density at radius 3 is 2.06 bits per heavy atom. The summed E-state index contributed by atoms with van der Waals surface area (Å²) in [7, 11) is 0. The molecule has 0 aliphatic rings. The summed E-state index contributed by atoms with van der Waals surface area (Å²) >= 11 is 0. The van der Waals surface area contributed by atoms with Crippen LogP contribution in [0.5, 0.6) is 0 Å². The number of carbonyl (C=O) groups excluding carboxylic acids is 2. The highest BCUT2D eigenvalue weighted by atomic mass is 35.5. The lowest BCUT2D eigenvalue weighted by Gasteiger charge is -2.26. The minimum Gasteiger partial charge on any atom is -0.458 e. The molecule has 0 aliphatic heterocycles. The first-order chi connectivity index (χ1) is 7.17. The van der Waals surface area contributed by atoms with Crippen LogP contribution in [0.2, 0.25) is 0 Å². The van der Waals surface area contributed by atoms with Crippen LogP contribution in [-0.4, -0.2) is 30.1 Å². The van der Waals surface area contributed by atoms with Crippen LogP contribution in [0.4, 0.5) is 0 Å². The molecule has 0 aliphatic carbocycles. The maximum Gasteiger partial charge on any atom is 0.329 e. The summed E-state index contributed by atoms with van der Waals surface area (Å²) in [4.78, 5) is 22.9. The van der Waals surface area contributed by atoms with E-state index in [0.29, 0.717) is 0 Å². The van der Waals surface area contributed by atoms with E-state index < -0.39 is 17.6 Å². The molecule has 0 radical (unpaired) electrons. The van der Waals surface area contributed by atoms with Crippen LogP contribution in [0.3, 0.4) is 0 Å². The summed E-state index contributed by atoms with van der Waals surface area (Å²) in [6, 6.07) is -0.643. The van der Waals surface area contributed by atoms with E-state index in [0.717, 1.165) is 0 Å². The maximum absolute atomic E-state index is 11.8. The quantitative estimate of drug-likeness (QED) is 0.739. The Morgan fingerprint density at radius 2 is 1.76 bits per heavy atom. The molecule has 1 atom stereocenters. The number of hydrogen-bond donors (Lipinski definition) is 2. The van der Waals surface area contributed by atoms with Gasteiger partial charge in [0.25, 0.3) is 0 Å². The number of esters is 1. The Labute approximate surface area is 109 Å². The van der Waals surface area contributed by atoms with Crippen LogP contribution in [0.1, 0.15) is 34.6 Å². The van der Waals surface area contributed by atoms with E-state index in [2.05, 4.69) is 5.32 Å². The van der Waals surface area contributed by atoms with Gasteiger partial charge in [0, 0.05) is 0 Å². The van der Waals surface area contributed by atoms with Gasteiger partial charge in [0.1, 0.15) is 11.6 Å². The van der Waals surface area contributed by atoms with Gasteiger partial charge >= 0.3 is 5.97 Å². The van der Waals surface area contributed by atoms with Crippen molar-refractivity contribution < 1.29 is 14.3 Å². The molecule has 102 valence electrons. The summed E-state index contributed by atoms with van der Waals surface area (Å²) in [5.74, 6) is -0.820. The lowest BCUT2D eigenvalue weighted by Crippen LogP contribution is -2.48. The SMILES string of the molecule is CC(C)[C@@H](NC(=O)CN)C(=O)OC(C)(C)C.Cl. The zero-order valence-electron chi connectivity index (χ0n) is 11.1. The van der Waals surface area contributed by atoms with Crippen molar-refractivity contribution in [2.75, 3.05) is 6.54 Å². The lowest BCUT2D eigenvalue weighted by molar-refractivity contribution is -0.159. The molecule has 0 aromatic rings. The first kappa shape index (κ1) is 18.6. The fraction of sp³-hybridized carbons (Fsp3) is 0.818. The van der Waals surface area contributed by atoms with Gasteiger partial charge in [0.15, 0.2) is 0 Å². The average molecular weight is 267 g/mol. The molecular formula is C11H23ClN2O3. The zero-order valence-corrected chi connectivity index (χ0v) is 11.9. The summed E-state index contributed by atoms with van der Waals surface area (Å²) in [5, 5.41) is 2.55. The third-order valence-electron chi connectivity index (χ3n) is 1.83. The molecule has 0 spiro atoms. The molecule has 0 aromatic heterocycles. The molecule has 0 bridgehead atoms. The van der Waals surface area contributed by atoms with Crippen molar-refractivity contribution in [1.82, 2.24) is 5.32 Å². The smallest absolute Gasteiger partial charge is 0.329 e. The largest absolute Gasteiger partial charge is 0.458 e. The van der Waals surface area contributed by atoms with Crippen LogP contribution in [0.15, 0.2) is 0 Å². The minimum atomic E-state index is -0.643. The van der Waals surface area contributed by atoms with Gasteiger partial charge in [-0.1, -0.05) is 13.8 Å². The number of nitrogens with one attached hydrogen (secondary N) is 1. The minimum absolute atomic E-state index is 0. The Morgan fingerprint density at radius 1 is 1.29 bits per heavy atom. The summed E-state index contributed by atoms with van der Waals surface area (Å²) in [6.07, 6.45) is 0. The second-order valence-corrected chi connectivity index (χ2v) is 5.03. The fourth-order valence-corrected chi connectivity index (χ4v) is 1.10. The molecule has 5 nitrogen and oxygen atoms in total. The lowest BCUT2D eigenvalue weighted by atomic mass is 10.0. The summed E-state index contributed by atoms with van der Waals surface area (Å²) < 4.78 is 5.21. The van der Waals surface area contributed by atoms with Gasteiger partial charge in [0.2, 0.25) is 5.91 Å². The van der Waals surface area contributed by atoms with Gasteiger partial charge < -0.3 is 15.8 Å².